The molecule has 23 heavy (non-hydrogen) atoms. The van der Waals surface area contributed by atoms with E-state index in [0.29, 0.717) is 6.42 Å². The van der Waals surface area contributed by atoms with Gasteiger partial charge in [0.2, 0.25) is 0 Å². The lowest BCUT2D eigenvalue weighted by Crippen LogP contribution is -2.43. The highest BCUT2D eigenvalue weighted by molar-refractivity contribution is 5.99. The minimum atomic E-state index is -1.25. The smallest absolute Gasteiger partial charge is 0.332 e. The van der Waals surface area contributed by atoms with Gasteiger partial charge in [-0.3, -0.25) is 0 Å². The molecule has 1 aliphatic heterocycles. The summed E-state index contributed by atoms with van der Waals surface area (Å²) < 4.78 is 11.4. The van der Waals surface area contributed by atoms with Crippen molar-refractivity contribution in [1.82, 2.24) is 0 Å². The van der Waals surface area contributed by atoms with Crippen LogP contribution in [-0.2, 0) is 19.1 Å². The fourth-order valence-electron chi connectivity index (χ4n) is 2.78. The lowest BCUT2D eigenvalue weighted by atomic mass is 9.76. The lowest BCUT2D eigenvalue weighted by molar-refractivity contribution is -0.227. The maximum atomic E-state index is 11.6. The second-order valence-electron chi connectivity index (χ2n) is 5.61. The van der Waals surface area contributed by atoms with E-state index in [2.05, 4.69) is 0 Å². The number of carbonyl (C=O) groups is 2. The van der Waals surface area contributed by atoms with Gasteiger partial charge in [0.25, 0.3) is 0 Å². The zero-order valence-electron chi connectivity index (χ0n) is 13.1. The van der Waals surface area contributed by atoms with Gasteiger partial charge in [0.1, 0.15) is 0 Å². The molecule has 1 saturated heterocycles. The monoisotopic (exact) mass is 320 g/mol. The molecule has 6 heteroatoms. The first-order chi connectivity index (χ1) is 10.9. The van der Waals surface area contributed by atoms with Crippen LogP contribution in [0.2, 0.25) is 0 Å². The first-order valence-electron chi connectivity index (χ1n) is 7.37. The van der Waals surface area contributed by atoms with Crippen molar-refractivity contribution < 1.29 is 29.3 Å². The Kier molecular flexibility index (Phi) is 5.18. The second kappa shape index (κ2) is 6.93. The Labute approximate surface area is 134 Å². The maximum absolute atomic E-state index is 11.6. The topological polar surface area (TPSA) is 93.1 Å². The second-order valence-corrected chi connectivity index (χ2v) is 5.61. The zero-order valence-corrected chi connectivity index (χ0v) is 13.1. The molecule has 0 aromatic heterocycles. The summed E-state index contributed by atoms with van der Waals surface area (Å²) in [4.78, 5) is 22.9. The summed E-state index contributed by atoms with van der Waals surface area (Å²) in [5.74, 6) is -2.50. The molecule has 0 bridgehead atoms. The van der Waals surface area contributed by atoms with Gasteiger partial charge in [0, 0.05) is 16.6 Å². The summed E-state index contributed by atoms with van der Waals surface area (Å²) in [6.45, 7) is 3.28. The Bertz CT molecular complexity index is 611. The van der Waals surface area contributed by atoms with E-state index in [1.165, 1.54) is 6.92 Å². The van der Waals surface area contributed by atoms with Gasteiger partial charge in [-0.2, -0.15) is 0 Å². The Morgan fingerprint density at radius 3 is 2.13 bits per heavy atom. The van der Waals surface area contributed by atoms with Crippen LogP contribution in [0.15, 0.2) is 41.5 Å². The number of hydrogen-bond acceptors (Lipinski definition) is 4. The molecule has 2 N–H and O–H groups in total. The molecule has 2 rings (SSSR count). The number of carboxylic acids is 2. The van der Waals surface area contributed by atoms with Gasteiger partial charge in [-0.15, -0.1) is 0 Å². The van der Waals surface area contributed by atoms with Crippen LogP contribution in [0, 0.1) is 5.41 Å². The summed E-state index contributed by atoms with van der Waals surface area (Å²) in [7, 11) is 0. The van der Waals surface area contributed by atoms with E-state index < -0.39 is 23.6 Å². The molecular weight excluding hydrogens is 300 g/mol. The standard InChI is InChI=1S/C17H20O6/c1-3-17(13(15(20)21)11(2)14(18)19)9-22-16(23-10-17)12-7-5-4-6-8-12/h4-8,16H,3,9-10H2,1-2H3,(H,18,19)(H,20,21)/b13-11+. The molecule has 0 aliphatic carbocycles. The first-order valence-corrected chi connectivity index (χ1v) is 7.37. The van der Waals surface area contributed by atoms with Gasteiger partial charge in [0.15, 0.2) is 6.29 Å². The van der Waals surface area contributed by atoms with Crippen molar-refractivity contribution in [1.29, 1.82) is 0 Å². The van der Waals surface area contributed by atoms with Gasteiger partial charge in [-0.05, 0) is 13.3 Å². The van der Waals surface area contributed by atoms with Crippen LogP contribution < -0.4 is 0 Å². The number of ether oxygens (including phenoxy) is 2. The molecule has 0 spiro atoms. The molecule has 0 amide bonds. The summed E-state index contributed by atoms with van der Waals surface area (Å²) in [5, 5.41) is 18.7. The van der Waals surface area contributed by atoms with Gasteiger partial charge < -0.3 is 19.7 Å². The van der Waals surface area contributed by atoms with Crippen LogP contribution in [0.5, 0.6) is 0 Å². The maximum Gasteiger partial charge on any atom is 0.332 e. The van der Waals surface area contributed by atoms with Gasteiger partial charge >= 0.3 is 11.9 Å². The van der Waals surface area contributed by atoms with Crippen LogP contribution >= 0.6 is 0 Å². The van der Waals surface area contributed by atoms with E-state index in [9.17, 15) is 14.7 Å². The molecule has 1 aromatic carbocycles. The van der Waals surface area contributed by atoms with E-state index in [1.54, 1.807) is 6.92 Å². The third-order valence-corrected chi connectivity index (χ3v) is 4.21. The molecule has 0 radical (unpaired) electrons. The number of benzene rings is 1. The molecule has 0 saturated carbocycles. The average molecular weight is 320 g/mol. The molecule has 1 aromatic rings. The van der Waals surface area contributed by atoms with Crippen molar-refractivity contribution in [3.05, 3.63) is 47.0 Å². The average Bonchev–Trinajstić information content (AvgIpc) is 2.56. The van der Waals surface area contributed by atoms with E-state index >= 15 is 0 Å². The fourth-order valence-corrected chi connectivity index (χ4v) is 2.78. The van der Waals surface area contributed by atoms with Crippen LogP contribution in [0.3, 0.4) is 0 Å². The molecule has 1 heterocycles. The molecule has 0 unspecified atom stereocenters. The highest BCUT2D eigenvalue weighted by Gasteiger charge is 2.44. The summed E-state index contributed by atoms with van der Waals surface area (Å²) in [6.07, 6.45) is -0.170. The molecule has 1 aliphatic rings. The highest BCUT2D eigenvalue weighted by Crippen LogP contribution is 2.41. The van der Waals surface area contributed by atoms with Crippen molar-refractivity contribution in [2.24, 2.45) is 5.41 Å². The molecule has 0 atom stereocenters. The molecule has 6 nitrogen and oxygen atoms in total. The van der Waals surface area contributed by atoms with E-state index in [-0.39, 0.29) is 24.4 Å². The Morgan fingerprint density at radius 1 is 1.13 bits per heavy atom. The quantitative estimate of drug-likeness (QED) is 0.810. The van der Waals surface area contributed by atoms with Gasteiger partial charge in [0.05, 0.1) is 18.8 Å². The molecular formula is C17H20O6. The minimum absolute atomic E-state index is 0.0926. The number of carboxylic acid groups (broad SMARTS) is 2. The van der Waals surface area contributed by atoms with E-state index in [4.69, 9.17) is 14.6 Å². The van der Waals surface area contributed by atoms with Gasteiger partial charge in [-0.1, -0.05) is 37.3 Å². The number of hydrogen-bond donors (Lipinski definition) is 2. The minimum Gasteiger partial charge on any atom is -0.478 e. The number of aliphatic carboxylic acids is 2. The molecule has 1 fully saturated rings. The Balaban J connectivity index is 2.29. The largest absolute Gasteiger partial charge is 0.478 e. The summed E-state index contributed by atoms with van der Waals surface area (Å²) >= 11 is 0. The Morgan fingerprint density at radius 2 is 1.70 bits per heavy atom. The summed E-state index contributed by atoms with van der Waals surface area (Å²) in [5.41, 5.74) is -0.476. The SMILES string of the molecule is CCC1(/C(C(=O)O)=C(\C)C(=O)O)COC(c2ccccc2)OC1. The predicted octanol–water partition coefficient (Wildman–Crippen LogP) is 2.61. The van der Waals surface area contributed by atoms with Crippen LogP contribution in [0.4, 0.5) is 0 Å². The third-order valence-electron chi connectivity index (χ3n) is 4.21. The predicted molar refractivity (Wildman–Crippen MR) is 81.8 cm³/mol. The van der Waals surface area contributed by atoms with Crippen molar-refractivity contribution in [3.8, 4) is 0 Å². The number of rotatable bonds is 5. The summed E-state index contributed by atoms with van der Waals surface area (Å²) in [6, 6.07) is 9.33. The zero-order chi connectivity index (χ0) is 17.0. The fraction of sp³-hybridized carbons (Fsp3) is 0.412. The van der Waals surface area contributed by atoms with Crippen molar-refractivity contribution in [2.45, 2.75) is 26.6 Å². The van der Waals surface area contributed by atoms with E-state index in [1.807, 2.05) is 30.3 Å². The van der Waals surface area contributed by atoms with Crippen molar-refractivity contribution in [3.63, 3.8) is 0 Å². The highest BCUT2D eigenvalue weighted by atomic mass is 16.7. The van der Waals surface area contributed by atoms with E-state index in [0.717, 1.165) is 5.56 Å². The first kappa shape index (κ1) is 17.2. The van der Waals surface area contributed by atoms with Crippen molar-refractivity contribution >= 4 is 11.9 Å². The molecule has 124 valence electrons. The van der Waals surface area contributed by atoms with Crippen LogP contribution in [-0.4, -0.2) is 35.4 Å². The normalized spacial score (nSPS) is 25.6. The van der Waals surface area contributed by atoms with Crippen molar-refractivity contribution in [2.75, 3.05) is 13.2 Å². The third kappa shape index (κ3) is 3.43. The lowest BCUT2D eigenvalue weighted by Gasteiger charge is -2.40. The van der Waals surface area contributed by atoms with Gasteiger partial charge in [-0.25, -0.2) is 9.59 Å². The van der Waals surface area contributed by atoms with Crippen LogP contribution in [0.25, 0.3) is 0 Å². The Hall–Kier alpha value is -2.18. The van der Waals surface area contributed by atoms with Crippen LogP contribution in [0.1, 0.15) is 32.1 Å².